The van der Waals surface area contributed by atoms with Gasteiger partial charge in [-0.3, -0.25) is 9.20 Å². The van der Waals surface area contributed by atoms with Crippen LogP contribution in [0, 0.1) is 6.92 Å². The Bertz CT molecular complexity index is 998. The summed E-state index contributed by atoms with van der Waals surface area (Å²) in [6.07, 6.45) is 3.16. The molecule has 2 heterocycles. The molecule has 0 saturated carbocycles. The van der Waals surface area contributed by atoms with Crippen molar-refractivity contribution in [2.75, 3.05) is 14.2 Å². The fourth-order valence-corrected chi connectivity index (χ4v) is 2.72. The first-order valence-corrected chi connectivity index (χ1v) is 8.11. The van der Waals surface area contributed by atoms with E-state index in [1.165, 1.54) is 6.21 Å². The van der Waals surface area contributed by atoms with Crippen LogP contribution in [0.15, 0.2) is 41.6 Å². The second kappa shape index (κ2) is 7.45. The first-order chi connectivity index (χ1) is 12.5. The van der Waals surface area contributed by atoms with E-state index in [2.05, 4.69) is 15.5 Å². The Labute approximate surface area is 155 Å². The third-order valence-electron chi connectivity index (χ3n) is 3.76. The number of nitrogens with one attached hydrogen (secondary N) is 1. The van der Waals surface area contributed by atoms with Gasteiger partial charge >= 0.3 is 0 Å². The Morgan fingerprint density at radius 2 is 2.00 bits per heavy atom. The molecule has 2 aromatic heterocycles. The summed E-state index contributed by atoms with van der Waals surface area (Å²) in [7, 11) is 3.12. The number of imidazole rings is 1. The number of hydrogen-bond donors (Lipinski definition) is 1. The lowest BCUT2D eigenvalue weighted by Crippen LogP contribution is -2.20. The zero-order valence-electron chi connectivity index (χ0n) is 14.5. The van der Waals surface area contributed by atoms with Crippen molar-refractivity contribution in [3.8, 4) is 11.5 Å². The van der Waals surface area contributed by atoms with Crippen LogP contribution in [-0.2, 0) is 0 Å². The molecule has 0 radical (unpaired) electrons. The number of aryl methyl sites for hydroxylation is 1. The van der Waals surface area contributed by atoms with Crippen molar-refractivity contribution >= 4 is 29.4 Å². The number of fused-ring (bicyclic) bond motifs is 1. The number of benzene rings is 1. The highest BCUT2D eigenvalue weighted by Gasteiger charge is 2.16. The molecule has 1 amide bonds. The molecular formula is C18H17ClN4O3. The molecule has 0 bridgehead atoms. The van der Waals surface area contributed by atoms with Gasteiger partial charge in [0, 0.05) is 6.20 Å². The van der Waals surface area contributed by atoms with Crippen LogP contribution in [0.2, 0.25) is 5.02 Å². The zero-order valence-corrected chi connectivity index (χ0v) is 15.2. The lowest BCUT2D eigenvalue weighted by atomic mass is 10.2. The van der Waals surface area contributed by atoms with Gasteiger partial charge in [0.25, 0.3) is 5.91 Å². The Hall–Kier alpha value is -3.06. The predicted molar refractivity (Wildman–Crippen MR) is 99.5 cm³/mol. The maximum absolute atomic E-state index is 12.5. The zero-order chi connectivity index (χ0) is 18.7. The van der Waals surface area contributed by atoms with E-state index in [9.17, 15) is 4.79 Å². The molecule has 3 aromatic rings. The molecule has 0 unspecified atom stereocenters. The van der Waals surface area contributed by atoms with Gasteiger partial charge in [0.15, 0.2) is 11.5 Å². The Balaban J connectivity index is 1.80. The van der Waals surface area contributed by atoms with Crippen LogP contribution < -0.4 is 14.9 Å². The van der Waals surface area contributed by atoms with Gasteiger partial charge in [-0.2, -0.15) is 5.10 Å². The summed E-state index contributed by atoms with van der Waals surface area (Å²) < 4.78 is 12.1. The van der Waals surface area contributed by atoms with Crippen LogP contribution in [0.3, 0.4) is 0 Å². The number of aromatic nitrogens is 2. The third kappa shape index (κ3) is 3.48. The molecule has 0 aliphatic heterocycles. The van der Waals surface area contributed by atoms with Gasteiger partial charge in [0.2, 0.25) is 0 Å². The Morgan fingerprint density at radius 3 is 2.73 bits per heavy atom. The molecule has 0 fully saturated rings. The fourth-order valence-electron chi connectivity index (χ4n) is 2.56. The van der Waals surface area contributed by atoms with E-state index < -0.39 is 0 Å². The quantitative estimate of drug-likeness (QED) is 0.551. The fraction of sp³-hybridized carbons (Fsp3) is 0.167. The highest BCUT2D eigenvalue weighted by molar-refractivity contribution is 6.30. The van der Waals surface area contributed by atoms with Gasteiger partial charge in [-0.15, -0.1) is 0 Å². The molecule has 3 rings (SSSR count). The summed E-state index contributed by atoms with van der Waals surface area (Å²) in [5.41, 5.74) is 4.87. The van der Waals surface area contributed by atoms with Crippen LogP contribution in [0.5, 0.6) is 11.5 Å². The van der Waals surface area contributed by atoms with E-state index in [0.29, 0.717) is 33.6 Å². The van der Waals surface area contributed by atoms with E-state index in [-0.39, 0.29) is 5.91 Å². The van der Waals surface area contributed by atoms with E-state index in [1.54, 1.807) is 62.1 Å². The minimum absolute atomic E-state index is 0.381. The number of nitrogens with zero attached hydrogens (tertiary/aromatic N) is 3. The smallest absolute Gasteiger partial charge is 0.290 e. The Kier molecular flexibility index (Phi) is 5.09. The van der Waals surface area contributed by atoms with Gasteiger partial charge < -0.3 is 9.47 Å². The monoisotopic (exact) mass is 372 g/mol. The van der Waals surface area contributed by atoms with E-state index in [1.807, 2.05) is 0 Å². The largest absolute Gasteiger partial charge is 0.493 e. The summed E-state index contributed by atoms with van der Waals surface area (Å²) in [6.45, 7) is 1.76. The average Bonchev–Trinajstić information content (AvgIpc) is 2.96. The van der Waals surface area contributed by atoms with Crippen LogP contribution in [0.25, 0.3) is 5.65 Å². The van der Waals surface area contributed by atoms with Gasteiger partial charge in [-0.1, -0.05) is 11.6 Å². The number of ether oxygens (including phenoxy) is 2. The van der Waals surface area contributed by atoms with Gasteiger partial charge in [-0.05, 0) is 42.8 Å². The number of rotatable bonds is 5. The lowest BCUT2D eigenvalue weighted by molar-refractivity contribution is 0.0948. The summed E-state index contributed by atoms with van der Waals surface area (Å²) in [6, 6.07) is 8.79. The molecule has 7 nitrogen and oxygen atoms in total. The topological polar surface area (TPSA) is 77.2 Å². The second-order valence-corrected chi connectivity index (χ2v) is 5.87. The molecule has 1 aromatic carbocycles. The van der Waals surface area contributed by atoms with E-state index in [0.717, 1.165) is 5.56 Å². The molecule has 134 valence electrons. The van der Waals surface area contributed by atoms with Crippen molar-refractivity contribution in [3.05, 3.63) is 58.5 Å². The molecular weight excluding hydrogens is 356 g/mol. The first-order valence-electron chi connectivity index (χ1n) is 7.73. The summed E-state index contributed by atoms with van der Waals surface area (Å²) in [4.78, 5) is 16.8. The molecule has 0 aliphatic rings. The number of amides is 1. The van der Waals surface area contributed by atoms with Crippen LogP contribution in [-0.4, -0.2) is 35.7 Å². The Morgan fingerprint density at radius 1 is 1.23 bits per heavy atom. The molecule has 0 atom stereocenters. The molecule has 8 heteroatoms. The normalized spacial score (nSPS) is 11.1. The third-order valence-corrected chi connectivity index (χ3v) is 3.98. The predicted octanol–water partition coefficient (Wildman–Crippen LogP) is 3.08. The standard InChI is InChI=1S/C18H17ClN4O3/c1-11-17(23-10-13(19)5-7-16(23)21-11)18(24)22-20-9-12-4-6-14(25-2)15(8-12)26-3/h4-10H,1-3H3,(H,22,24). The molecule has 0 saturated heterocycles. The van der Waals surface area contributed by atoms with Crippen molar-refractivity contribution in [2.45, 2.75) is 6.92 Å². The minimum atomic E-state index is -0.381. The molecule has 0 spiro atoms. The number of carbonyl (C=O) groups is 1. The number of pyridine rings is 1. The number of hydrogen-bond acceptors (Lipinski definition) is 5. The lowest BCUT2D eigenvalue weighted by Gasteiger charge is -2.07. The first kappa shape index (κ1) is 17.8. The van der Waals surface area contributed by atoms with Crippen molar-refractivity contribution in [3.63, 3.8) is 0 Å². The van der Waals surface area contributed by atoms with Gasteiger partial charge in [0.05, 0.1) is 31.2 Å². The van der Waals surface area contributed by atoms with Crippen molar-refractivity contribution in [1.82, 2.24) is 14.8 Å². The summed E-state index contributed by atoms with van der Waals surface area (Å²) in [5.74, 6) is 0.816. The van der Waals surface area contributed by atoms with E-state index >= 15 is 0 Å². The van der Waals surface area contributed by atoms with Gasteiger partial charge in [-0.25, -0.2) is 10.4 Å². The SMILES string of the molecule is COc1ccc(C=NNC(=O)c2c(C)nc3ccc(Cl)cn23)cc1OC. The average molecular weight is 373 g/mol. The van der Waals surface area contributed by atoms with Crippen molar-refractivity contribution in [1.29, 1.82) is 0 Å². The highest BCUT2D eigenvalue weighted by Crippen LogP contribution is 2.26. The number of carbonyl (C=O) groups excluding carboxylic acids is 1. The molecule has 0 aliphatic carbocycles. The number of hydrazone groups is 1. The second-order valence-electron chi connectivity index (χ2n) is 5.43. The van der Waals surface area contributed by atoms with Crippen molar-refractivity contribution < 1.29 is 14.3 Å². The van der Waals surface area contributed by atoms with Crippen molar-refractivity contribution in [2.24, 2.45) is 5.10 Å². The van der Waals surface area contributed by atoms with Crippen LogP contribution in [0.1, 0.15) is 21.7 Å². The highest BCUT2D eigenvalue weighted by atomic mass is 35.5. The van der Waals surface area contributed by atoms with Crippen LogP contribution >= 0.6 is 11.6 Å². The molecule has 1 N–H and O–H groups in total. The maximum Gasteiger partial charge on any atom is 0.290 e. The summed E-state index contributed by atoms with van der Waals surface area (Å²) >= 11 is 6.01. The molecule has 26 heavy (non-hydrogen) atoms. The summed E-state index contributed by atoms with van der Waals surface area (Å²) in [5, 5.41) is 4.52. The van der Waals surface area contributed by atoms with Crippen LogP contribution in [0.4, 0.5) is 0 Å². The number of halogens is 1. The number of methoxy groups -OCH3 is 2. The maximum atomic E-state index is 12.5. The van der Waals surface area contributed by atoms with E-state index in [4.69, 9.17) is 21.1 Å². The minimum Gasteiger partial charge on any atom is -0.493 e. The van der Waals surface area contributed by atoms with Gasteiger partial charge in [0.1, 0.15) is 11.3 Å².